The summed E-state index contributed by atoms with van der Waals surface area (Å²) in [6, 6.07) is 3.36. The van der Waals surface area contributed by atoms with Gasteiger partial charge >= 0.3 is 6.18 Å². The highest BCUT2D eigenvalue weighted by atomic mass is 32.1. The fourth-order valence-electron chi connectivity index (χ4n) is 1.99. The summed E-state index contributed by atoms with van der Waals surface area (Å²) in [6.45, 7) is 0.465. The van der Waals surface area contributed by atoms with Gasteiger partial charge in [-0.25, -0.2) is 4.98 Å². The minimum atomic E-state index is -4.44. The van der Waals surface area contributed by atoms with Crippen molar-refractivity contribution in [3.63, 3.8) is 0 Å². The Morgan fingerprint density at radius 1 is 1.48 bits per heavy atom. The summed E-state index contributed by atoms with van der Waals surface area (Å²) in [6.07, 6.45) is -2.45. The molecule has 0 aliphatic rings. The number of anilines is 1. The van der Waals surface area contributed by atoms with Gasteiger partial charge in [-0.05, 0) is 18.6 Å². The van der Waals surface area contributed by atoms with Gasteiger partial charge in [-0.15, -0.1) is 11.3 Å². The molecule has 0 aliphatic heterocycles. The predicted molar refractivity (Wildman–Crippen MR) is 76.3 cm³/mol. The number of halogens is 3. The number of nitrogens with two attached hydrogens (primary N) is 1. The van der Waals surface area contributed by atoms with Crippen molar-refractivity contribution in [2.75, 3.05) is 18.8 Å². The van der Waals surface area contributed by atoms with Crippen LogP contribution in [0.25, 0.3) is 10.2 Å². The number of rotatable bonds is 4. The second-order valence-corrected chi connectivity index (χ2v) is 5.54. The molecule has 2 N–H and O–H groups in total. The maximum absolute atomic E-state index is 12.6. The first-order chi connectivity index (χ1) is 9.83. The molecular weight excluding hydrogens is 303 g/mol. The fraction of sp³-hybridized carbons (Fsp3) is 0.385. The van der Waals surface area contributed by atoms with Crippen LogP contribution < -0.4 is 5.73 Å². The molecule has 2 aromatic heterocycles. The van der Waals surface area contributed by atoms with Crippen molar-refractivity contribution in [1.82, 2.24) is 9.88 Å². The topological polar surface area (TPSA) is 59.2 Å². The third-order valence-corrected chi connectivity index (χ3v) is 3.97. The van der Waals surface area contributed by atoms with Gasteiger partial charge in [-0.3, -0.25) is 4.79 Å². The Bertz CT molecular complexity index is 654. The van der Waals surface area contributed by atoms with Crippen LogP contribution in [-0.2, 0) is 0 Å². The monoisotopic (exact) mass is 317 g/mol. The molecule has 8 heteroatoms. The number of carbonyl (C=O) groups is 1. The molecule has 2 heterocycles. The van der Waals surface area contributed by atoms with Gasteiger partial charge in [0.25, 0.3) is 5.91 Å². The molecule has 0 unspecified atom stereocenters. The molecule has 0 atom stereocenters. The van der Waals surface area contributed by atoms with E-state index in [2.05, 4.69) is 4.98 Å². The molecule has 0 radical (unpaired) electrons. The van der Waals surface area contributed by atoms with E-state index in [9.17, 15) is 18.0 Å². The summed E-state index contributed by atoms with van der Waals surface area (Å²) in [5.74, 6) is -0.699. The molecule has 2 rings (SSSR count). The largest absolute Gasteiger partial charge is 0.406 e. The minimum absolute atomic E-state index is 0.0272. The maximum atomic E-state index is 12.6. The molecule has 0 aromatic carbocycles. The van der Waals surface area contributed by atoms with Crippen LogP contribution in [0.1, 0.15) is 23.0 Å². The SMILES string of the molecule is CCCN(CC(F)(F)F)C(=O)c1sc2ncccc2c1N. The molecule has 0 bridgehead atoms. The molecule has 0 aliphatic carbocycles. The first kappa shape index (κ1) is 15.6. The van der Waals surface area contributed by atoms with Gasteiger partial charge in [0.15, 0.2) is 0 Å². The average Bonchev–Trinajstić information content (AvgIpc) is 2.74. The van der Waals surface area contributed by atoms with E-state index in [1.807, 2.05) is 0 Å². The van der Waals surface area contributed by atoms with Crippen LogP contribution >= 0.6 is 11.3 Å². The second kappa shape index (κ2) is 5.88. The maximum Gasteiger partial charge on any atom is 0.406 e. The molecule has 1 amide bonds. The van der Waals surface area contributed by atoms with Gasteiger partial charge in [0.05, 0.1) is 5.69 Å². The van der Waals surface area contributed by atoms with Gasteiger partial charge in [-0.2, -0.15) is 13.2 Å². The van der Waals surface area contributed by atoms with E-state index in [4.69, 9.17) is 5.73 Å². The molecule has 4 nitrogen and oxygen atoms in total. The predicted octanol–water partition coefficient (Wildman–Crippen LogP) is 3.29. The lowest BCUT2D eigenvalue weighted by Gasteiger charge is -2.23. The number of hydrogen-bond donors (Lipinski definition) is 1. The lowest BCUT2D eigenvalue weighted by molar-refractivity contribution is -0.140. The molecule has 0 spiro atoms. The number of aromatic nitrogens is 1. The fourth-order valence-corrected chi connectivity index (χ4v) is 3.02. The van der Waals surface area contributed by atoms with E-state index in [0.29, 0.717) is 16.6 Å². The standard InChI is InChI=1S/C13H14F3N3OS/c1-2-6-19(7-13(14,15)16)12(20)10-9(17)8-4-3-5-18-11(8)21-10/h3-5H,2,6-7,17H2,1H3. The van der Waals surface area contributed by atoms with Crippen LogP contribution in [0.15, 0.2) is 18.3 Å². The summed E-state index contributed by atoms with van der Waals surface area (Å²) in [5.41, 5.74) is 6.07. The first-order valence-corrected chi connectivity index (χ1v) is 7.14. The van der Waals surface area contributed by atoms with Gasteiger partial charge in [0.2, 0.25) is 0 Å². The zero-order chi connectivity index (χ0) is 15.6. The van der Waals surface area contributed by atoms with Crippen molar-refractivity contribution in [2.45, 2.75) is 19.5 Å². The Kier molecular flexibility index (Phi) is 4.36. The molecule has 0 saturated carbocycles. The smallest absolute Gasteiger partial charge is 0.397 e. The van der Waals surface area contributed by atoms with Crippen LogP contribution in [0.3, 0.4) is 0 Å². The van der Waals surface area contributed by atoms with Crippen molar-refractivity contribution in [3.8, 4) is 0 Å². The zero-order valence-electron chi connectivity index (χ0n) is 11.3. The average molecular weight is 317 g/mol. The summed E-state index contributed by atoms with van der Waals surface area (Å²) in [4.78, 5) is 17.8. The van der Waals surface area contributed by atoms with E-state index in [0.717, 1.165) is 16.2 Å². The van der Waals surface area contributed by atoms with Gasteiger partial charge in [0, 0.05) is 18.1 Å². The number of alkyl halides is 3. The van der Waals surface area contributed by atoms with Crippen LogP contribution in [0, 0.1) is 0 Å². The van der Waals surface area contributed by atoms with E-state index in [1.54, 1.807) is 25.3 Å². The van der Waals surface area contributed by atoms with Crippen molar-refractivity contribution >= 4 is 33.1 Å². The summed E-state index contributed by atoms with van der Waals surface area (Å²) >= 11 is 1.02. The Hall–Kier alpha value is -1.83. The number of thiophene rings is 1. The van der Waals surface area contributed by atoms with Crippen molar-refractivity contribution < 1.29 is 18.0 Å². The quantitative estimate of drug-likeness (QED) is 0.941. The highest BCUT2D eigenvalue weighted by Gasteiger charge is 2.34. The van der Waals surface area contributed by atoms with E-state index in [-0.39, 0.29) is 17.1 Å². The third-order valence-electron chi connectivity index (χ3n) is 2.85. The molecule has 0 fully saturated rings. The first-order valence-electron chi connectivity index (χ1n) is 6.32. The molecule has 2 aromatic rings. The molecule has 21 heavy (non-hydrogen) atoms. The molecule has 114 valence electrons. The lowest BCUT2D eigenvalue weighted by atomic mass is 10.2. The molecular formula is C13H14F3N3OS. The Morgan fingerprint density at radius 2 is 2.19 bits per heavy atom. The number of pyridine rings is 1. The zero-order valence-corrected chi connectivity index (χ0v) is 12.1. The van der Waals surface area contributed by atoms with Crippen LogP contribution in [-0.4, -0.2) is 35.1 Å². The highest BCUT2D eigenvalue weighted by Crippen LogP contribution is 2.33. The van der Waals surface area contributed by atoms with E-state index < -0.39 is 18.6 Å². The second-order valence-electron chi connectivity index (χ2n) is 4.54. The van der Waals surface area contributed by atoms with Crippen molar-refractivity contribution in [1.29, 1.82) is 0 Å². The summed E-state index contributed by atoms with van der Waals surface area (Å²) in [7, 11) is 0. The van der Waals surface area contributed by atoms with Crippen molar-refractivity contribution in [2.24, 2.45) is 0 Å². The molecule has 0 saturated heterocycles. The number of fused-ring (bicyclic) bond motifs is 1. The third kappa shape index (κ3) is 3.44. The number of nitrogen functional groups attached to an aromatic ring is 1. The minimum Gasteiger partial charge on any atom is -0.397 e. The van der Waals surface area contributed by atoms with Crippen LogP contribution in [0.5, 0.6) is 0 Å². The van der Waals surface area contributed by atoms with Crippen LogP contribution in [0.4, 0.5) is 18.9 Å². The number of nitrogens with zero attached hydrogens (tertiary/aromatic N) is 2. The van der Waals surface area contributed by atoms with Gasteiger partial charge in [-0.1, -0.05) is 6.92 Å². The highest BCUT2D eigenvalue weighted by molar-refractivity contribution is 7.21. The summed E-state index contributed by atoms with van der Waals surface area (Å²) in [5, 5.41) is 0.592. The lowest BCUT2D eigenvalue weighted by Crippen LogP contribution is -2.39. The number of carbonyl (C=O) groups excluding carboxylic acids is 1. The van der Waals surface area contributed by atoms with E-state index in [1.165, 1.54) is 0 Å². The van der Waals surface area contributed by atoms with Gasteiger partial charge < -0.3 is 10.6 Å². The Morgan fingerprint density at radius 3 is 2.76 bits per heavy atom. The van der Waals surface area contributed by atoms with E-state index >= 15 is 0 Å². The Balaban J connectivity index is 2.36. The Labute approximate surface area is 123 Å². The summed E-state index contributed by atoms with van der Waals surface area (Å²) < 4.78 is 37.7. The number of amides is 1. The van der Waals surface area contributed by atoms with Gasteiger partial charge in [0.1, 0.15) is 16.3 Å². The van der Waals surface area contributed by atoms with Crippen molar-refractivity contribution in [3.05, 3.63) is 23.2 Å². The number of hydrogen-bond acceptors (Lipinski definition) is 4. The normalized spacial score (nSPS) is 11.8. The van der Waals surface area contributed by atoms with Crippen LogP contribution in [0.2, 0.25) is 0 Å².